The lowest BCUT2D eigenvalue weighted by Gasteiger charge is -2.26. The summed E-state index contributed by atoms with van der Waals surface area (Å²) < 4.78 is 5.73. The zero-order valence-electron chi connectivity index (χ0n) is 17.8. The second kappa shape index (κ2) is 8.81. The predicted octanol–water partition coefficient (Wildman–Crippen LogP) is 6.12. The molecule has 5 nitrogen and oxygen atoms in total. The molecule has 0 saturated carbocycles. The molecule has 0 bridgehead atoms. The molecule has 3 aromatic rings. The third-order valence-electron chi connectivity index (χ3n) is 5.17. The number of aliphatic hydroxyl groups is 1. The zero-order valence-corrected chi connectivity index (χ0v) is 19.4. The quantitative estimate of drug-likeness (QED) is 0.278. The highest BCUT2D eigenvalue weighted by Crippen LogP contribution is 2.45. The number of hydrogen-bond donors (Lipinski definition) is 1. The number of aliphatic hydroxyl groups excluding tert-OH is 1. The minimum Gasteiger partial charge on any atom is -0.507 e. The lowest BCUT2D eigenvalue weighted by molar-refractivity contribution is -0.132. The number of Topliss-reactive ketones (excluding diaryl/α,β-unsaturated/α-hetero) is 1. The van der Waals surface area contributed by atoms with Crippen molar-refractivity contribution in [3.05, 3.63) is 86.6 Å². The largest absolute Gasteiger partial charge is 0.507 e. The minimum absolute atomic E-state index is 0.0403. The van der Waals surface area contributed by atoms with Gasteiger partial charge in [0.15, 0.2) is 0 Å². The Balaban J connectivity index is 1.90. The minimum atomic E-state index is -0.762. The summed E-state index contributed by atoms with van der Waals surface area (Å²) >= 11 is 7.62. The van der Waals surface area contributed by atoms with E-state index in [1.165, 1.54) is 16.2 Å². The highest BCUT2D eigenvalue weighted by molar-refractivity contribution is 7.10. The number of hydrogen-bond acceptors (Lipinski definition) is 5. The molecule has 0 aliphatic carbocycles. The first-order valence-corrected chi connectivity index (χ1v) is 11.4. The number of anilines is 1. The Morgan fingerprint density at radius 2 is 1.91 bits per heavy atom. The summed E-state index contributed by atoms with van der Waals surface area (Å²) in [4.78, 5) is 28.6. The highest BCUT2D eigenvalue weighted by Gasteiger charge is 2.47. The Kier molecular flexibility index (Phi) is 6.09. The number of nitrogens with zero attached hydrogens (tertiary/aromatic N) is 1. The van der Waals surface area contributed by atoms with E-state index in [4.69, 9.17) is 16.3 Å². The van der Waals surface area contributed by atoms with Crippen LogP contribution in [0.2, 0.25) is 5.02 Å². The molecule has 2 heterocycles. The Hall–Kier alpha value is -3.09. The van der Waals surface area contributed by atoms with Gasteiger partial charge in [-0.15, -0.1) is 11.3 Å². The summed E-state index contributed by atoms with van der Waals surface area (Å²) in [6, 6.07) is 15.0. The van der Waals surface area contributed by atoms with E-state index in [9.17, 15) is 14.7 Å². The zero-order chi connectivity index (χ0) is 23.0. The molecule has 4 rings (SSSR count). The molecule has 32 heavy (non-hydrogen) atoms. The van der Waals surface area contributed by atoms with Gasteiger partial charge in [0.2, 0.25) is 0 Å². The van der Waals surface area contributed by atoms with Crippen LogP contribution >= 0.6 is 22.9 Å². The molecular weight excluding hydrogens is 446 g/mol. The first kappa shape index (κ1) is 22.1. The fourth-order valence-electron chi connectivity index (χ4n) is 3.78. The average Bonchev–Trinajstić information content (AvgIpc) is 3.36. The van der Waals surface area contributed by atoms with Crippen LogP contribution in [0.25, 0.3) is 5.76 Å². The molecule has 164 valence electrons. The summed E-state index contributed by atoms with van der Waals surface area (Å²) in [6.45, 7) is 5.66. The summed E-state index contributed by atoms with van der Waals surface area (Å²) in [5.41, 5.74) is 1.78. The van der Waals surface area contributed by atoms with Gasteiger partial charge in [0.1, 0.15) is 17.6 Å². The van der Waals surface area contributed by atoms with E-state index in [2.05, 4.69) is 0 Å². The highest BCUT2D eigenvalue weighted by atomic mass is 35.5. The van der Waals surface area contributed by atoms with E-state index < -0.39 is 17.7 Å². The number of aryl methyl sites for hydroxylation is 1. The Labute approximate surface area is 195 Å². The number of carbonyl (C=O) groups excluding carboxylic acids is 2. The molecule has 1 saturated heterocycles. The van der Waals surface area contributed by atoms with Crippen LogP contribution < -0.4 is 9.64 Å². The standard InChI is InChI=1S/C25H22ClNO4S/c1-14(2)31-18-7-4-6-16(12-18)23(28)21-22(20-8-5-11-32-20)27(25(30)24(21)29)19-13-17(26)10-9-15(19)3/h4-14,22,28H,1-3H3/b23-21-. The first-order valence-electron chi connectivity index (χ1n) is 10.2. The fourth-order valence-corrected chi connectivity index (χ4v) is 4.77. The van der Waals surface area contributed by atoms with Crippen molar-refractivity contribution in [1.82, 2.24) is 0 Å². The summed E-state index contributed by atoms with van der Waals surface area (Å²) in [5.74, 6) is -1.12. The van der Waals surface area contributed by atoms with Crippen molar-refractivity contribution in [2.75, 3.05) is 4.90 Å². The predicted molar refractivity (Wildman–Crippen MR) is 127 cm³/mol. The number of amides is 1. The second-order valence-electron chi connectivity index (χ2n) is 7.81. The molecular formula is C25H22ClNO4S. The monoisotopic (exact) mass is 467 g/mol. The van der Waals surface area contributed by atoms with Crippen LogP contribution in [0.15, 0.2) is 65.6 Å². The number of halogens is 1. The number of ether oxygens (including phenoxy) is 1. The Morgan fingerprint density at radius 1 is 1.12 bits per heavy atom. The summed E-state index contributed by atoms with van der Waals surface area (Å²) in [5, 5.41) is 13.6. The fraction of sp³-hybridized carbons (Fsp3) is 0.200. The molecule has 1 unspecified atom stereocenters. The number of rotatable bonds is 5. The SMILES string of the molecule is Cc1ccc(Cl)cc1N1C(=O)C(=O)/C(=C(\O)c2cccc(OC(C)C)c2)C1c1cccs1. The van der Waals surface area contributed by atoms with Gasteiger partial charge in [0.25, 0.3) is 11.7 Å². The van der Waals surface area contributed by atoms with E-state index >= 15 is 0 Å². The van der Waals surface area contributed by atoms with Crippen LogP contribution in [0.3, 0.4) is 0 Å². The molecule has 1 aliphatic heterocycles. The summed E-state index contributed by atoms with van der Waals surface area (Å²) in [7, 11) is 0. The second-order valence-corrected chi connectivity index (χ2v) is 9.23. The van der Waals surface area contributed by atoms with E-state index in [-0.39, 0.29) is 17.4 Å². The molecule has 1 N–H and O–H groups in total. The average molecular weight is 468 g/mol. The van der Waals surface area contributed by atoms with Crippen molar-refractivity contribution in [3.8, 4) is 5.75 Å². The van der Waals surface area contributed by atoms with Gasteiger partial charge in [-0.2, -0.15) is 0 Å². The van der Waals surface area contributed by atoms with E-state index in [1.807, 2.05) is 38.3 Å². The van der Waals surface area contributed by atoms with Crippen LogP contribution in [0.1, 0.15) is 35.9 Å². The number of thiophene rings is 1. The van der Waals surface area contributed by atoms with Crippen LogP contribution in [0.5, 0.6) is 5.75 Å². The van der Waals surface area contributed by atoms with Crippen molar-refractivity contribution in [2.45, 2.75) is 32.9 Å². The third kappa shape index (κ3) is 4.04. The molecule has 0 spiro atoms. The molecule has 1 atom stereocenters. The summed E-state index contributed by atoms with van der Waals surface area (Å²) in [6.07, 6.45) is -0.0464. The van der Waals surface area contributed by atoms with E-state index in [0.717, 1.165) is 10.4 Å². The van der Waals surface area contributed by atoms with Crippen LogP contribution in [-0.2, 0) is 9.59 Å². The van der Waals surface area contributed by atoms with Crippen molar-refractivity contribution in [3.63, 3.8) is 0 Å². The number of ketones is 1. The topological polar surface area (TPSA) is 66.8 Å². The van der Waals surface area contributed by atoms with Gasteiger partial charge in [-0.3, -0.25) is 14.5 Å². The molecule has 2 aromatic carbocycles. The van der Waals surface area contributed by atoms with Crippen LogP contribution in [-0.4, -0.2) is 22.9 Å². The van der Waals surface area contributed by atoms with E-state index in [0.29, 0.717) is 22.0 Å². The maximum atomic E-state index is 13.2. The van der Waals surface area contributed by atoms with Crippen LogP contribution in [0, 0.1) is 6.92 Å². The third-order valence-corrected chi connectivity index (χ3v) is 6.33. The molecule has 0 radical (unpaired) electrons. The van der Waals surface area contributed by atoms with Crippen molar-refractivity contribution in [2.24, 2.45) is 0 Å². The van der Waals surface area contributed by atoms with Crippen molar-refractivity contribution in [1.29, 1.82) is 0 Å². The van der Waals surface area contributed by atoms with Gasteiger partial charge in [-0.1, -0.05) is 35.9 Å². The molecule has 1 amide bonds. The van der Waals surface area contributed by atoms with Crippen molar-refractivity contribution >= 4 is 46.1 Å². The van der Waals surface area contributed by atoms with E-state index in [1.54, 1.807) is 42.5 Å². The molecule has 1 fully saturated rings. The molecule has 1 aromatic heterocycles. The van der Waals surface area contributed by atoms with Gasteiger partial charge in [-0.25, -0.2) is 0 Å². The van der Waals surface area contributed by atoms with Crippen molar-refractivity contribution < 1.29 is 19.4 Å². The van der Waals surface area contributed by atoms with Crippen LogP contribution in [0.4, 0.5) is 5.69 Å². The normalized spacial score (nSPS) is 17.9. The molecule has 7 heteroatoms. The lowest BCUT2D eigenvalue weighted by Crippen LogP contribution is -2.29. The van der Waals surface area contributed by atoms with Gasteiger partial charge in [0.05, 0.1) is 11.7 Å². The van der Waals surface area contributed by atoms with Gasteiger partial charge in [-0.05, 0) is 62.0 Å². The molecule has 1 aliphatic rings. The Morgan fingerprint density at radius 3 is 2.59 bits per heavy atom. The lowest BCUT2D eigenvalue weighted by atomic mass is 9.99. The number of benzene rings is 2. The number of carbonyl (C=O) groups is 2. The maximum Gasteiger partial charge on any atom is 0.300 e. The van der Waals surface area contributed by atoms with Gasteiger partial charge < -0.3 is 9.84 Å². The first-order chi connectivity index (χ1) is 15.3. The smallest absolute Gasteiger partial charge is 0.300 e. The maximum absolute atomic E-state index is 13.2. The van der Waals surface area contributed by atoms with Gasteiger partial charge in [0, 0.05) is 21.2 Å². The Bertz CT molecular complexity index is 1220. The van der Waals surface area contributed by atoms with Gasteiger partial charge >= 0.3 is 0 Å².